The summed E-state index contributed by atoms with van der Waals surface area (Å²) in [6, 6.07) is 8.23. The van der Waals surface area contributed by atoms with Gasteiger partial charge in [-0.2, -0.15) is 5.48 Å². The Bertz CT molecular complexity index is 643. The SMILES string of the molecule is NC(=O)C1C2C=CC(O2)C1C(=O)NOC(=O)c1ccccc1. The molecule has 2 aliphatic heterocycles. The zero-order chi connectivity index (χ0) is 15.7. The summed E-state index contributed by atoms with van der Waals surface area (Å²) < 4.78 is 5.46. The van der Waals surface area contributed by atoms with Crippen LogP contribution in [0.5, 0.6) is 0 Å². The molecular formula is C15H14N2O5. The number of rotatable bonds is 3. The molecule has 114 valence electrons. The molecule has 1 fully saturated rings. The molecule has 7 nitrogen and oxygen atoms in total. The van der Waals surface area contributed by atoms with Crippen molar-refractivity contribution in [1.82, 2.24) is 5.48 Å². The molecule has 4 atom stereocenters. The third kappa shape index (κ3) is 2.46. The highest BCUT2D eigenvalue weighted by Gasteiger charge is 2.52. The minimum atomic E-state index is -0.795. The zero-order valence-corrected chi connectivity index (χ0v) is 11.5. The van der Waals surface area contributed by atoms with Gasteiger partial charge in [0.05, 0.1) is 29.6 Å². The molecule has 0 radical (unpaired) electrons. The van der Waals surface area contributed by atoms with Crippen LogP contribution >= 0.6 is 0 Å². The Morgan fingerprint density at radius 3 is 2.32 bits per heavy atom. The number of benzene rings is 1. The fourth-order valence-corrected chi connectivity index (χ4v) is 2.76. The fourth-order valence-electron chi connectivity index (χ4n) is 2.76. The van der Waals surface area contributed by atoms with Crippen molar-refractivity contribution < 1.29 is 24.0 Å². The number of carbonyl (C=O) groups is 3. The van der Waals surface area contributed by atoms with Crippen LogP contribution < -0.4 is 11.2 Å². The minimum absolute atomic E-state index is 0.304. The first-order valence-corrected chi connectivity index (χ1v) is 6.77. The number of carbonyl (C=O) groups excluding carboxylic acids is 3. The third-order valence-electron chi connectivity index (χ3n) is 3.78. The van der Waals surface area contributed by atoms with Gasteiger partial charge in [0.2, 0.25) is 5.91 Å². The topological polar surface area (TPSA) is 108 Å². The normalized spacial score (nSPS) is 28.4. The van der Waals surface area contributed by atoms with Crippen molar-refractivity contribution in [3.05, 3.63) is 48.0 Å². The summed E-state index contributed by atoms with van der Waals surface area (Å²) in [6.07, 6.45) is 2.38. The van der Waals surface area contributed by atoms with Crippen LogP contribution in [0.4, 0.5) is 0 Å². The highest BCUT2D eigenvalue weighted by Crippen LogP contribution is 2.38. The molecule has 2 amide bonds. The predicted molar refractivity (Wildman–Crippen MR) is 74.0 cm³/mol. The Morgan fingerprint density at radius 2 is 1.68 bits per heavy atom. The Morgan fingerprint density at radius 1 is 1.05 bits per heavy atom. The summed E-state index contributed by atoms with van der Waals surface area (Å²) in [7, 11) is 0. The van der Waals surface area contributed by atoms with Crippen LogP contribution in [-0.4, -0.2) is 30.0 Å². The largest absolute Gasteiger partial charge is 0.369 e. The number of hydrogen-bond acceptors (Lipinski definition) is 5. The van der Waals surface area contributed by atoms with Crippen LogP contribution in [0.2, 0.25) is 0 Å². The maximum atomic E-state index is 12.2. The zero-order valence-electron chi connectivity index (χ0n) is 11.5. The van der Waals surface area contributed by atoms with E-state index in [-0.39, 0.29) is 0 Å². The van der Waals surface area contributed by atoms with E-state index in [4.69, 9.17) is 15.3 Å². The van der Waals surface area contributed by atoms with E-state index < -0.39 is 41.8 Å². The monoisotopic (exact) mass is 302 g/mol. The van der Waals surface area contributed by atoms with Gasteiger partial charge in [-0.15, -0.1) is 0 Å². The lowest BCUT2D eigenvalue weighted by Gasteiger charge is -2.21. The lowest BCUT2D eigenvalue weighted by atomic mass is 9.82. The number of hydroxylamine groups is 1. The van der Waals surface area contributed by atoms with Crippen molar-refractivity contribution in [2.75, 3.05) is 0 Å². The number of hydrogen-bond donors (Lipinski definition) is 2. The molecule has 22 heavy (non-hydrogen) atoms. The molecule has 4 unspecified atom stereocenters. The van der Waals surface area contributed by atoms with Gasteiger partial charge >= 0.3 is 5.97 Å². The van der Waals surface area contributed by atoms with Gasteiger partial charge in [-0.25, -0.2) is 4.79 Å². The van der Waals surface area contributed by atoms with Crippen LogP contribution in [0, 0.1) is 11.8 Å². The van der Waals surface area contributed by atoms with Crippen molar-refractivity contribution in [2.24, 2.45) is 17.6 Å². The lowest BCUT2D eigenvalue weighted by Crippen LogP contribution is -2.45. The average Bonchev–Trinajstić information content (AvgIpc) is 3.14. The molecule has 2 aliphatic rings. The standard InChI is InChI=1S/C15H14N2O5/c16-13(18)11-9-6-7-10(21-9)12(11)14(19)17-22-15(20)8-4-2-1-3-5-8/h1-7,9-12H,(H2,16,18)(H,17,19). The first-order valence-electron chi connectivity index (χ1n) is 6.77. The van der Waals surface area contributed by atoms with Crippen molar-refractivity contribution in [2.45, 2.75) is 12.2 Å². The maximum Gasteiger partial charge on any atom is 0.362 e. The van der Waals surface area contributed by atoms with Crippen molar-refractivity contribution >= 4 is 17.8 Å². The molecule has 0 spiro atoms. The molecule has 0 aromatic heterocycles. The number of ether oxygens (including phenoxy) is 1. The second-order valence-electron chi connectivity index (χ2n) is 5.13. The molecule has 3 rings (SSSR count). The third-order valence-corrected chi connectivity index (χ3v) is 3.78. The molecule has 2 heterocycles. The van der Waals surface area contributed by atoms with E-state index in [1.807, 2.05) is 0 Å². The minimum Gasteiger partial charge on any atom is -0.369 e. The number of amides is 2. The second kappa shape index (κ2) is 5.61. The average molecular weight is 302 g/mol. The first kappa shape index (κ1) is 14.3. The highest BCUT2D eigenvalue weighted by atomic mass is 16.7. The summed E-state index contributed by atoms with van der Waals surface area (Å²) in [5.41, 5.74) is 7.71. The number of nitrogens with one attached hydrogen (secondary N) is 1. The Balaban J connectivity index is 1.64. The van der Waals surface area contributed by atoms with Gasteiger partial charge in [-0.3, -0.25) is 9.59 Å². The first-order chi connectivity index (χ1) is 10.6. The molecule has 7 heteroatoms. The highest BCUT2D eigenvalue weighted by molar-refractivity contribution is 5.92. The van der Waals surface area contributed by atoms with Gasteiger partial charge in [0.25, 0.3) is 5.91 Å². The predicted octanol–water partition coefficient (Wildman–Crippen LogP) is -0.0705. The van der Waals surface area contributed by atoms with Gasteiger partial charge < -0.3 is 15.3 Å². The summed E-state index contributed by atoms with van der Waals surface area (Å²) in [5.74, 6) is -3.47. The van der Waals surface area contributed by atoms with Crippen molar-refractivity contribution in [1.29, 1.82) is 0 Å². The Kier molecular flexibility index (Phi) is 3.64. The van der Waals surface area contributed by atoms with E-state index in [9.17, 15) is 14.4 Å². The van der Waals surface area contributed by atoms with Crippen LogP contribution in [0.3, 0.4) is 0 Å². The van der Waals surface area contributed by atoms with Crippen LogP contribution in [0.15, 0.2) is 42.5 Å². The van der Waals surface area contributed by atoms with Gasteiger partial charge in [0.15, 0.2) is 0 Å². The Labute approximate surface area is 126 Å². The quantitative estimate of drug-likeness (QED) is 0.600. The van der Waals surface area contributed by atoms with E-state index in [0.29, 0.717) is 5.56 Å². The fraction of sp³-hybridized carbons (Fsp3) is 0.267. The summed E-state index contributed by atoms with van der Waals surface area (Å²) in [4.78, 5) is 40.2. The second-order valence-corrected chi connectivity index (χ2v) is 5.13. The summed E-state index contributed by atoms with van der Waals surface area (Å²) >= 11 is 0. The van der Waals surface area contributed by atoms with E-state index in [1.165, 1.54) is 0 Å². The van der Waals surface area contributed by atoms with E-state index >= 15 is 0 Å². The molecule has 1 aromatic carbocycles. The molecular weight excluding hydrogens is 288 g/mol. The van der Waals surface area contributed by atoms with Gasteiger partial charge in [0.1, 0.15) is 0 Å². The number of nitrogens with two attached hydrogens (primary N) is 1. The van der Waals surface area contributed by atoms with Gasteiger partial charge in [0, 0.05) is 0 Å². The van der Waals surface area contributed by atoms with Crippen LogP contribution in [0.1, 0.15) is 10.4 Å². The smallest absolute Gasteiger partial charge is 0.362 e. The lowest BCUT2D eigenvalue weighted by molar-refractivity contribution is -0.139. The summed E-state index contributed by atoms with van der Waals surface area (Å²) in [6.45, 7) is 0. The molecule has 1 saturated heterocycles. The van der Waals surface area contributed by atoms with Crippen molar-refractivity contribution in [3.8, 4) is 0 Å². The molecule has 0 aliphatic carbocycles. The van der Waals surface area contributed by atoms with Crippen molar-refractivity contribution in [3.63, 3.8) is 0 Å². The maximum absolute atomic E-state index is 12.2. The molecule has 0 saturated carbocycles. The van der Waals surface area contributed by atoms with Gasteiger partial charge in [-0.1, -0.05) is 30.4 Å². The van der Waals surface area contributed by atoms with E-state index in [1.54, 1.807) is 42.5 Å². The van der Waals surface area contributed by atoms with Gasteiger partial charge in [-0.05, 0) is 12.1 Å². The molecule has 3 N–H and O–H groups in total. The summed E-state index contributed by atoms with van der Waals surface area (Å²) in [5, 5.41) is 0. The van der Waals surface area contributed by atoms with Crippen LogP contribution in [-0.2, 0) is 19.2 Å². The Hall–Kier alpha value is -2.67. The number of fused-ring (bicyclic) bond motifs is 2. The van der Waals surface area contributed by atoms with E-state index in [0.717, 1.165) is 0 Å². The van der Waals surface area contributed by atoms with Crippen LogP contribution in [0.25, 0.3) is 0 Å². The molecule has 1 aromatic rings. The number of primary amides is 1. The molecule has 2 bridgehead atoms. The van der Waals surface area contributed by atoms with E-state index in [2.05, 4.69) is 5.48 Å².